The second-order valence-corrected chi connectivity index (χ2v) is 10.1. The molecule has 6 nitrogen and oxygen atoms in total. The Bertz CT molecular complexity index is 728. The third-order valence-electron chi connectivity index (χ3n) is 7.04. The van der Waals surface area contributed by atoms with Crippen LogP contribution in [0.2, 0.25) is 0 Å². The summed E-state index contributed by atoms with van der Waals surface area (Å²) < 4.78 is 24.0. The molecule has 0 amide bonds. The number of aliphatic hydroxyl groups is 2. The van der Waals surface area contributed by atoms with Gasteiger partial charge in [-0.05, 0) is 45.1 Å². The van der Waals surface area contributed by atoms with E-state index >= 15 is 0 Å². The Morgan fingerprint density at radius 3 is 2.35 bits per heavy atom. The van der Waals surface area contributed by atoms with Crippen LogP contribution in [0.3, 0.4) is 0 Å². The second kappa shape index (κ2) is 13.1. The van der Waals surface area contributed by atoms with E-state index in [1.54, 1.807) is 0 Å². The third-order valence-corrected chi connectivity index (χ3v) is 7.04. The first-order chi connectivity index (χ1) is 16.4. The number of benzene rings is 1. The molecule has 3 rings (SSSR count). The summed E-state index contributed by atoms with van der Waals surface area (Å²) in [5, 5.41) is 19.6. The lowest BCUT2D eigenvalue weighted by molar-refractivity contribution is -0.334. The molecule has 2 aliphatic rings. The van der Waals surface area contributed by atoms with Gasteiger partial charge in [-0.1, -0.05) is 55.3 Å². The van der Waals surface area contributed by atoms with Gasteiger partial charge in [-0.15, -0.1) is 0 Å². The molecule has 2 aliphatic heterocycles. The van der Waals surface area contributed by atoms with Gasteiger partial charge in [0.25, 0.3) is 0 Å². The lowest BCUT2D eigenvalue weighted by Gasteiger charge is -2.48. The number of aliphatic hydroxyl groups excluding tert-OH is 2. The minimum Gasteiger partial charge on any atom is -0.396 e. The lowest BCUT2D eigenvalue weighted by atomic mass is 9.83. The van der Waals surface area contributed by atoms with Crippen LogP contribution in [0.1, 0.15) is 70.8 Å². The first-order valence-electron chi connectivity index (χ1n) is 13.0. The standard InChI is InChI=1S/C28H44O6/c1-26(2)33-22-25(27(23-30,34-26)18-19-29)14-10-5-3-4-6-11-16-28(31-20-21-32-28)17-15-24-12-8-7-9-13-24/h7-10,12-14,25,29-30H,3-6,11,15-23H2,1-2H3/b14-10+/t25-,27-/m1/s1. The molecule has 1 aromatic rings. The van der Waals surface area contributed by atoms with E-state index in [4.69, 9.17) is 18.9 Å². The zero-order valence-corrected chi connectivity index (χ0v) is 21.0. The molecule has 34 heavy (non-hydrogen) atoms. The van der Waals surface area contributed by atoms with Gasteiger partial charge in [0, 0.05) is 31.8 Å². The van der Waals surface area contributed by atoms with Crippen molar-refractivity contribution >= 4 is 0 Å². The van der Waals surface area contributed by atoms with Crippen molar-refractivity contribution in [2.24, 2.45) is 5.92 Å². The van der Waals surface area contributed by atoms with E-state index in [1.807, 2.05) is 19.9 Å². The molecule has 0 aromatic heterocycles. The highest BCUT2D eigenvalue weighted by atomic mass is 16.7. The van der Waals surface area contributed by atoms with Crippen LogP contribution in [0.5, 0.6) is 0 Å². The van der Waals surface area contributed by atoms with E-state index in [-0.39, 0.29) is 19.1 Å². The van der Waals surface area contributed by atoms with Crippen molar-refractivity contribution in [1.82, 2.24) is 0 Å². The van der Waals surface area contributed by atoms with Gasteiger partial charge in [-0.2, -0.15) is 0 Å². The van der Waals surface area contributed by atoms with Crippen LogP contribution in [-0.4, -0.2) is 60.4 Å². The topological polar surface area (TPSA) is 77.4 Å². The number of unbranched alkanes of at least 4 members (excludes halogenated alkanes) is 4. The SMILES string of the molecule is CC1(C)OC[C@@H](/C=C/CCCCCCC2(CCc3ccccc3)OCCO2)[C@](CO)(CCO)O1. The molecule has 2 N–H and O–H groups in total. The molecule has 192 valence electrons. The molecule has 0 saturated carbocycles. The Kier molecular flexibility index (Phi) is 10.6. The minimum atomic E-state index is -0.789. The Balaban J connectivity index is 1.36. The molecule has 2 fully saturated rings. The minimum absolute atomic E-state index is 0.0265. The Labute approximate surface area is 205 Å². The van der Waals surface area contributed by atoms with Crippen LogP contribution in [0.4, 0.5) is 0 Å². The normalized spacial score (nSPS) is 26.3. The molecule has 2 heterocycles. The van der Waals surface area contributed by atoms with Crippen LogP contribution in [0, 0.1) is 5.92 Å². The van der Waals surface area contributed by atoms with Crippen molar-refractivity contribution in [3.05, 3.63) is 48.0 Å². The summed E-state index contributed by atoms with van der Waals surface area (Å²) in [6.45, 7) is 5.40. The Hall–Kier alpha value is -1.28. The van der Waals surface area contributed by atoms with Crippen LogP contribution < -0.4 is 0 Å². The first kappa shape index (κ1) is 27.3. The highest BCUT2D eigenvalue weighted by Crippen LogP contribution is 2.38. The average molecular weight is 477 g/mol. The molecule has 0 bridgehead atoms. The molecule has 6 heteroatoms. The molecule has 2 atom stereocenters. The number of hydrogen-bond donors (Lipinski definition) is 2. The molecule has 2 saturated heterocycles. The van der Waals surface area contributed by atoms with E-state index in [0.29, 0.717) is 26.2 Å². The summed E-state index contributed by atoms with van der Waals surface area (Å²) in [7, 11) is 0. The molecule has 0 radical (unpaired) electrons. The molecule has 0 unspecified atom stereocenters. The maximum absolute atomic E-state index is 10.0. The van der Waals surface area contributed by atoms with Crippen molar-refractivity contribution in [3.63, 3.8) is 0 Å². The van der Waals surface area contributed by atoms with Gasteiger partial charge >= 0.3 is 0 Å². The van der Waals surface area contributed by atoms with Gasteiger partial charge in [0.2, 0.25) is 0 Å². The Morgan fingerprint density at radius 2 is 1.65 bits per heavy atom. The second-order valence-electron chi connectivity index (χ2n) is 10.1. The van der Waals surface area contributed by atoms with Crippen molar-refractivity contribution in [2.75, 3.05) is 33.0 Å². The zero-order valence-electron chi connectivity index (χ0n) is 21.0. The zero-order chi connectivity index (χ0) is 24.3. The molecule has 0 aliphatic carbocycles. The van der Waals surface area contributed by atoms with E-state index < -0.39 is 17.2 Å². The van der Waals surface area contributed by atoms with Crippen LogP contribution in [0.15, 0.2) is 42.5 Å². The van der Waals surface area contributed by atoms with Gasteiger partial charge in [0.15, 0.2) is 11.6 Å². The summed E-state index contributed by atoms with van der Waals surface area (Å²) >= 11 is 0. The fraction of sp³-hybridized carbons (Fsp3) is 0.714. The number of ether oxygens (including phenoxy) is 4. The summed E-state index contributed by atoms with van der Waals surface area (Å²) in [6.07, 6.45) is 13.0. The number of aryl methyl sites for hydroxylation is 1. The first-order valence-corrected chi connectivity index (χ1v) is 13.0. The highest BCUT2D eigenvalue weighted by molar-refractivity contribution is 5.15. The monoisotopic (exact) mass is 476 g/mol. The summed E-state index contributed by atoms with van der Waals surface area (Å²) in [5.41, 5.74) is 0.539. The van der Waals surface area contributed by atoms with Gasteiger partial charge in [0.1, 0.15) is 5.60 Å². The van der Waals surface area contributed by atoms with E-state index in [0.717, 1.165) is 51.4 Å². The third kappa shape index (κ3) is 7.87. The molecule has 1 aromatic carbocycles. The fourth-order valence-electron chi connectivity index (χ4n) is 5.08. The van der Waals surface area contributed by atoms with Crippen molar-refractivity contribution in [3.8, 4) is 0 Å². The van der Waals surface area contributed by atoms with Crippen LogP contribution in [0.25, 0.3) is 0 Å². The van der Waals surface area contributed by atoms with E-state index in [2.05, 4.69) is 36.4 Å². The van der Waals surface area contributed by atoms with Gasteiger partial charge < -0.3 is 29.2 Å². The van der Waals surface area contributed by atoms with E-state index in [1.165, 1.54) is 5.56 Å². The smallest absolute Gasteiger partial charge is 0.168 e. The largest absolute Gasteiger partial charge is 0.396 e. The van der Waals surface area contributed by atoms with Crippen LogP contribution >= 0.6 is 0 Å². The van der Waals surface area contributed by atoms with Crippen molar-refractivity contribution in [2.45, 2.75) is 88.8 Å². The molecular formula is C28H44O6. The predicted octanol–water partition coefficient (Wildman–Crippen LogP) is 4.77. The average Bonchev–Trinajstić information content (AvgIpc) is 3.30. The fourth-order valence-corrected chi connectivity index (χ4v) is 5.08. The number of rotatable bonds is 14. The number of hydrogen-bond acceptors (Lipinski definition) is 6. The van der Waals surface area contributed by atoms with Gasteiger partial charge in [-0.25, -0.2) is 0 Å². The maximum Gasteiger partial charge on any atom is 0.168 e. The Morgan fingerprint density at radius 1 is 0.912 bits per heavy atom. The summed E-state index contributed by atoms with van der Waals surface area (Å²) in [4.78, 5) is 0. The lowest BCUT2D eigenvalue weighted by Crippen LogP contribution is -2.57. The highest BCUT2D eigenvalue weighted by Gasteiger charge is 2.47. The summed E-state index contributed by atoms with van der Waals surface area (Å²) in [6, 6.07) is 10.5. The maximum atomic E-state index is 10.0. The quantitative estimate of drug-likeness (QED) is 0.297. The number of allylic oxidation sites excluding steroid dienone is 1. The van der Waals surface area contributed by atoms with Gasteiger partial charge in [0.05, 0.1) is 26.4 Å². The molecular weight excluding hydrogens is 432 g/mol. The van der Waals surface area contributed by atoms with Crippen molar-refractivity contribution in [1.29, 1.82) is 0 Å². The molecule has 0 spiro atoms. The predicted molar refractivity (Wildman–Crippen MR) is 132 cm³/mol. The van der Waals surface area contributed by atoms with Crippen LogP contribution in [-0.2, 0) is 25.4 Å². The van der Waals surface area contributed by atoms with Crippen molar-refractivity contribution < 1.29 is 29.2 Å². The summed E-state index contributed by atoms with van der Waals surface area (Å²) in [5.74, 6) is -1.24. The van der Waals surface area contributed by atoms with E-state index in [9.17, 15) is 10.2 Å². The van der Waals surface area contributed by atoms with Gasteiger partial charge in [-0.3, -0.25) is 0 Å².